The molecule has 0 saturated carbocycles. The summed E-state index contributed by atoms with van der Waals surface area (Å²) < 4.78 is 5.05. The summed E-state index contributed by atoms with van der Waals surface area (Å²) in [7, 11) is 0. The fraction of sp³-hybridized carbons (Fsp3) is 0.368. The molecule has 3 N–H and O–H groups in total. The number of carbonyl (C=O) groups excluding carboxylic acids is 1. The molecule has 0 amide bonds. The zero-order chi connectivity index (χ0) is 17.9. The number of nitrogens with zero attached hydrogens (tertiary/aromatic N) is 1. The van der Waals surface area contributed by atoms with Gasteiger partial charge in [-0.2, -0.15) is 0 Å². The van der Waals surface area contributed by atoms with Gasteiger partial charge in [-0.1, -0.05) is 44.2 Å². The number of ether oxygens (including phenoxy) is 1. The highest BCUT2D eigenvalue weighted by Crippen LogP contribution is 2.25. The quantitative estimate of drug-likeness (QED) is 0.780. The number of rotatable bonds is 6. The highest BCUT2D eigenvalue weighted by molar-refractivity contribution is 5.72. The molecule has 0 fully saturated rings. The molecule has 1 unspecified atom stereocenters. The Labute approximate surface area is 144 Å². The molecule has 5 heteroatoms. The average molecular weight is 329 g/mol. The van der Waals surface area contributed by atoms with E-state index in [1.54, 1.807) is 13.0 Å². The van der Waals surface area contributed by atoms with Gasteiger partial charge in [0.1, 0.15) is 5.82 Å². The second-order valence-electron chi connectivity index (χ2n) is 5.01. The first-order valence-corrected chi connectivity index (χ1v) is 8.30. The third kappa shape index (κ3) is 5.91. The Bertz CT molecular complexity index is 630. The van der Waals surface area contributed by atoms with Gasteiger partial charge in [-0.05, 0) is 31.5 Å². The fourth-order valence-corrected chi connectivity index (χ4v) is 2.17. The van der Waals surface area contributed by atoms with E-state index in [1.165, 1.54) is 0 Å². The molecule has 130 valence electrons. The minimum atomic E-state index is -0.255. The molecule has 1 aromatic heterocycles. The topological polar surface area (TPSA) is 77.2 Å². The highest BCUT2D eigenvalue weighted by atomic mass is 16.5. The summed E-state index contributed by atoms with van der Waals surface area (Å²) in [5.74, 6) is 0.327. The monoisotopic (exact) mass is 329 g/mol. The first-order valence-electron chi connectivity index (χ1n) is 8.30. The number of nitrogens with one attached hydrogen (secondary N) is 1. The van der Waals surface area contributed by atoms with Crippen molar-refractivity contribution in [2.24, 2.45) is 0 Å². The standard InChI is InChI=1S/C17H21N3O2.C2H6/c1-3-22-16(21)11-15(13-7-5-4-6-8-13)20-17-14(18)10-9-12(2)19-17;1-2/h4-10,15H,3,11,18H2,1-2H3,(H,19,20);1-2H3. The zero-order valence-corrected chi connectivity index (χ0v) is 14.9. The Morgan fingerprint density at radius 1 is 1.21 bits per heavy atom. The van der Waals surface area contributed by atoms with E-state index in [9.17, 15) is 4.79 Å². The van der Waals surface area contributed by atoms with Gasteiger partial charge >= 0.3 is 5.97 Å². The summed E-state index contributed by atoms with van der Waals surface area (Å²) in [5, 5.41) is 3.26. The van der Waals surface area contributed by atoms with Gasteiger partial charge in [-0.15, -0.1) is 0 Å². The van der Waals surface area contributed by atoms with Gasteiger partial charge in [-0.25, -0.2) is 4.98 Å². The predicted molar refractivity (Wildman–Crippen MR) is 98.8 cm³/mol. The first-order chi connectivity index (χ1) is 11.6. The normalized spacial score (nSPS) is 11.0. The number of carbonyl (C=O) groups is 1. The summed E-state index contributed by atoms with van der Waals surface area (Å²) in [6, 6.07) is 13.1. The average Bonchev–Trinajstić information content (AvgIpc) is 2.60. The van der Waals surface area contributed by atoms with Crippen molar-refractivity contribution in [3.8, 4) is 0 Å². The van der Waals surface area contributed by atoms with E-state index in [0.717, 1.165) is 11.3 Å². The number of hydrogen-bond donors (Lipinski definition) is 2. The van der Waals surface area contributed by atoms with E-state index < -0.39 is 0 Å². The minimum absolute atomic E-state index is 0.215. The third-order valence-corrected chi connectivity index (χ3v) is 3.25. The second-order valence-corrected chi connectivity index (χ2v) is 5.01. The van der Waals surface area contributed by atoms with Crippen LogP contribution in [0.1, 0.15) is 44.5 Å². The first kappa shape index (κ1) is 19.5. The van der Waals surface area contributed by atoms with Crippen LogP contribution in [-0.4, -0.2) is 17.6 Å². The van der Waals surface area contributed by atoms with Crippen LogP contribution in [0.15, 0.2) is 42.5 Å². The van der Waals surface area contributed by atoms with Crippen molar-refractivity contribution in [3.63, 3.8) is 0 Å². The molecule has 2 rings (SSSR count). The van der Waals surface area contributed by atoms with Crippen molar-refractivity contribution in [2.75, 3.05) is 17.7 Å². The zero-order valence-electron chi connectivity index (χ0n) is 14.9. The molecule has 0 aliphatic heterocycles. The van der Waals surface area contributed by atoms with Gasteiger partial charge in [0, 0.05) is 5.69 Å². The van der Waals surface area contributed by atoms with Crippen molar-refractivity contribution in [1.29, 1.82) is 0 Å². The molecule has 0 aliphatic rings. The molecule has 1 aromatic carbocycles. The summed E-state index contributed by atoms with van der Waals surface area (Å²) in [4.78, 5) is 16.3. The van der Waals surface area contributed by atoms with Crippen molar-refractivity contribution in [3.05, 3.63) is 53.7 Å². The van der Waals surface area contributed by atoms with Crippen LogP contribution in [0.3, 0.4) is 0 Å². The summed E-state index contributed by atoms with van der Waals surface area (Å²) in [6.07, 6.45) is 0.215. The van der Waals surface area contributed by atoms with Crippen molar-refractivity contribution < 1.29 is 9.53 Å². The Morgan fingerprint density at radius 2 is 1.88 bits per heavy atom. The van der Waals surface area contributed by atoms with Gasteiger partial charge in [-0.3, -0.25) is 4.79 Å². The molecule has 2 aromatic rings. The number of benzene rings is 1. The molecular weight excluding hydrogens is 302 g/mol. The van der Waals surface area contributed by atoms with Crippen molar-refractivity contribution in [1.82, 2.24) is 4.98 Å². The Balaban J connectivity index is 0.00000139. The summed E-state index contributed by atoms with van der Waals surface area (Å²) >= 11 is 0. The van der Waals surface area contributed by atoms with E-state index in [1.807, 2.05) is 57.2 Å². The summed E-state index contributed by atoms with van der Waals surface area (Å²) in [5.41, 5.74) is 8.36. The maximum atomic E-state index is 11.9. The van der Waals surface area contributed by atoms with Gasteiger partial charge in [0.05, 0.1) is 24.8 Å². The smallest absolute Gasteiger partial charge is 0.308 e. The van der Waals surface area contributed by atoms with E-state index in [0.29, 0.717) is 18.1 Å². The van der Waals surface area contributed by atoms with E-state index in [-0.39, 0.29) is 18.4 Å². The molecule has 1 atom stereocenters. The van der Waals surface area contributed by atoms with Crippen LogP contribution in [0.4, 0.5) is 11.5 Å². The molecule has 1 heterocycles. The highest BCUT2D eigenvalue weighted by Gasteiger charge is 2.18. The SMILES string of the molecule is CC.CCOC(=O)CC(Nc1nc(C)ccc1N)c1ccccc1. The van der Waals surface area contributed by atoms with Crippen molar-refractivity contribution in [2.45, 2.75) is 40.2 Å². The number of aromatic nitrogens is 1. The number of pyridine rings is 1. The van der Waals surface area contributed by atoms with Gasteiger partial charge in [0.15, 0.2) is 0 Å². The van der Waals surface area contributed by atoms with Crippen LogP contribution in [-0.2, 0) is 9.53 Å². The molecule has 24 heavy (non-hydrogen) atoms. The molecule has 0 radical (unpaired) electrons. The molecule has 0 bridgehead atoms. The Morgan fingerprint density at radius 3 is 2.50 bits per heavy atom. The number of nitrogen functional groups attached to an aromatic ring is 1. The number of hydrogen-bond acceptors (Lipinski definition) is 5. The largest absolute Gasteiger partial charge is 0.466 e. The molecule has 0 spiro atoms. The van der Waals surface area contributed by atoms with Crippen LogP contribution in [0.25, 0.3) is 0 Å². The molecule has 0 saturated heterocycles. The van der Waals surface area contributed by atoms with E-state index in [2.05, 4.69) is 10.3 Å². The predicted octanol–water partition coefficient (Wildman–Crippen LogP) is 4.10. The minimum Gasteiger partial charge on any atom is -0.466 e. The third-order valence-electron chi connectivity index (χ3n) is 3.25. The lowest BCUT2D eigenvalue weighted by atomic mass is 10.0. The fourth-order valence-electron chi connectivity index (χ4n) is 2.17. The van der Waals surface area contributed by atoms with Crippen LogP contribution in [0.5, 0.6) is 0 Å². The lowest BCUT2D eigenvalue weighted by Crippen LogP contribution is -2.18. The van der Waals surface area contributed by atoms with Gasteiger partial charge in [0.25, 0.3) is 0 Å². The lowest BCUT2D eigenvalue weighted by molar-refractivity contribution is -0.143. The second kappa shape index (κ2) is 10.3. The number of anilines is 2. The Hall–Kier alpha value is -2.56. The number of aryl methyl sites for hydroxylation is 1. The number of nitrogens with two attached hydrogens (primary N) is 1. The van der Waals surface area contributed by atoms with Gasteiger partial charge < -0.3 is 15.8 Å². The Kier molecular flexibility index (Phi) is 8.33. The molecule has 5 nitrogen and oxygen atoms in total. The van der Waals surface area contributed by atoms with Crippen LogP contribution in [0.2, 0.25) is 0 Å². The molecular formula is C19H27N3O2. The van der Waals surface area contributed by atoms with Crippen LogP contribution < -0.4 is 11.1 Å². The summed E-state index contributed by atoms with van der Waals surface area (Å²) in [6.45, 7) is 8.06. The maximum absolute atomic E-state index is 11.9. The van der Waals surface area contributed by atoms with Gasteiger partial charge in [0.2, 0.25) is 0 Å². The van der Waals surface area contributed by atoms with Crippen molar-refractivity contribution >= 4 is 17.5 Å². The molecule has 0 aliphatic carbocycles. The maximum Gasteiger partial charge on any atom is 0.308 e. The van der Waals surface area contributed by atoms with E-state index >= 15 is 0 Å². The van der Waals surface area contributed by atoms with Crippen LogP contribution in [0, 0.1) is 6.92 Å². The number of esters is 1. The van der Waals surface area contributed by atoms with Crippen LogP contribution >= 0.6 is 0 Å². The van der Waals surface area contributed by atoms with E-state index in [4.69, 9.17) is 10.5 Å². The lowest BCUT2D eigenvalue weighted by Gasteiger charge is -2.20.